The molecule has 3 aliphatic rings. The number of fused-ring (bicyclic) bond motifs is 2. The predicted octanol–water partition coefficient (Wildman–Crippen LogP) is 1.96. The molecule has 4 unspecified atom stereocenters. The average Bonchev–Trinajstić information content (AvgIpc) is 3.19. The number of carbonyl (C=O) groups excluding carboxylic acids is 1. The minimum atomic E-state index is 0.0347. The van der Waals surface area contributed by atoms with Crippen LogP contribution in [0.25, 0.3) is 0 Å². The first-order valence-electron chi connectivity index (χ1n) is 8.64. The zero-order chi connectivity index (χ0) is 15.6. The largest absolute Gasteiger partial charge is 0.374 e. The molecule has 0 saturated carbocycles. The van der Waals surface area contributed by atoms with Gasteiger partial charge in [0.2, 0.25) is 0 Å². The van der Waals surface area contributed by atoms with Gasteiger partial charge in [0.05, 0.1) is 31.0 Å². The average molecular weight is 316 g/mol. The Kier molecular flexibility index (Phi) is 4.23. The standard InChI is InChI=1S/C18H24N2O3/c21-18(19-16-11-14-6-7-17(16)23-14)20-8-9-22-15(12-20)10-13-4-2-1-3-5-13/h1-5,14-17H,6-12H2,(H,19,21). The third-order valence-electron chi connectivity index (χ3n) is 5.15. The smallest absolute Gasteiger partial charge is 0.317 e. The summed E-state index contributed by atoms with van der Waals surface area (Å²) in [5, 5.41) is 3.17. The number of nitrogens with zero attached hydrogens (tertiary/aromatic N) is 1. The molecular formula is C18H24N2O3. The summed E-state index contributed by atoms with van der Waals surface area (Å²) < 4.78 is 11.7. The van der Waals surface area contributed by atoms with Crippen LogP contribution in [0.15, 0.2) is 30.3 Å². The van der Waals surface area contributed by atoms with Crippen LogP contribution in [0, 0.1) is 0 Å². The first-order valence-corrected chi connectivity index (χ1v) is 8.64. The number of hydrogen-bond acceptors (Lipinski definition) is 3. The van der Waals surface area contributed by atoms with Gasteiger partial charge in [-0.1, -0.05) is 30.3 Å². The van der Waals surface area contributed by atoms with Crippen LogP contribution in [-0.2, 0) is 15.9 Å². The molecule has 5 nitrogen and oxygen atoms in total. The fraction of sp³-hybridized carbons (Fsp3) is 0.611. The monoisotopic (exact) mass is 316 g/mol. The molecule has 5 heteroatoms. The Morgan fingerprint density at radius 2 is 2.13 bits per heavy atom. The van der Waals surface area contributed by atoms with E-state index < -0.39 is 0 Å². The van der Waals surface area contributed by atoms with Gasteiger partial charge >= 0.3 is 6.03 Å². The molecule has 0 radical (unpaired) electrons. The summed E-state index contributed by atoms with van der Waals surface area (Å²) in [6.07, 6.45) is 4.71. The van der Waals surface area contributed by atoms with Gasteiger partial charge in [0, 0.05) is 19.5 Å². The molecule has 2 amide bonds. The van der Waals surface area contributed by atoms with Crippen LogP contribution in [0.5, 0.6) is 0 Å². The Bertz CT molecular complexity index is 550. The Morgan fingerprint density at radius 1 is 1.26 bits per heavy atom. The van der Waals surface area contributed by atoms with Crippen molar-refractivity contribution in [3.05, 3.63) is 35.9 Å². The molecule has 1 aromatic carbocycles. The highest BCUT2D eigenvalue weighted by atomic mass is 16.5. The zero-order valence-corrected chi connectivity index (χ0v) is 13.3. The fourth-order valence-corrected chi connectivity index (χ4v) is 3.94. The van der Waals surface area contributed by atoms with E-state index in [0.717, 1.165) is 25.7 Å². The van der Waals surface area contributed by atoms with Crippen molar-refractivity contribution < 1.29 is 14.3 Å². The van der Waals surface area contributed by atoms with Crippen molar-refractivity contribution in [1.29, 1.82) is 0 Å². The van der Waals surface area contributed by atoms with E-state index in [4.69, 9.17) is 9.47 Å². The Balaban J connectivity index is 1.31. The van der Waals surface area contributed by atoms with Crippen LogP contribution in [-0.4, -0.2) is 55.0 Å². The number of hydrogen-bond donors (Lipinski definition) is 1. The van der Waals surface area contributed by atoms with Gasteiger partial charge in [-0.3, -0.25) is 0 Å². The number of carbonyl (C=O) groups is 1. The second kappa shape index (κ2) is 6.49. The van der Waals surface area contributed by atoms with Crippen LogP contribution < -0.4 is 5.32 Å². The summed E-state index contributed by atoms with van der Waals surface area (Å²) in [5.74, 6) is 0. The molecule has 0 aromatic heterocycles. The van der Waals surface area contributed by atoms with E-state index in [0.29, 0.717) is 25.8 Å². The van der Waals surface area contributed by atoms with Crippen molar-refractivity contribution >= 4 is 6.03 Å². The van der Waals surface area contributed by atoms with E-state index in [-0.39, 0.29) is 24.3 Å². The molecule has 3 heterocycles. The number of benzene rings is 1. The van der Waals surface area contributed by atoms with Crippen molar-refractivity contribution in [2.75, 3.05) is 19.7 Å². The molecule has 23 heavy (non-hydrogen) atoms. The Morgan fingerprint density at radius 3 is 2.87 bits per heavy atom. The lowest BCUT2D eigenvalue weighted by molar-refractivity contribution is -0.0139. The highest BCUT2D eigenvalue weighted by Gasteiger charge is 2.42. The number of rotatable bonds is 3. The summed E-state index contributed by atoms with van der Waals surface area (Å²) in [6.45, 7) is 1.93. The molecule has 3 aliphatic heterocycles. The predicted molar refractivity (Wildman–Crippen MR) is 86.3 cm³/mol. The van der Waals surface area contributed by atoms with Crippen LogP contribution in [0.3, 0.4) is 0 Å². The quantitative estimate of drug-likeness (QED) is 0.927. The van der Waals surface area contributed by atoms with Gasteiger partial charge in [0.25, 0.3) is 0 Å². The van der Waals surface area contributed by atoms with Crippen LogP contribution >= 0.6 is 0 Å². The van der Waals surface area contributed by atoms with Gasteiger partial charge in [-0.25, -0.2) is 4.79 Å². The second-order valence-corrected chi connectivity index (χ2v) is 6.79. The van der Waals surface area contributed by atoms with Crippen molar-refractivity contribution in [2.45, 2.75) is 50.0 Å². The third-order valence-corrected chi connectivity index (χ3v) is 5.15. The normalized spacial score (nSPS) is 33.0. The van der Waals surface area contributed by atoms with E-state index in [2.05, 4.69) is 17.4 Å². The number of ether oxygens (including phenoxy) is 2. The Labute approximate surface area is 136 Å². The Hall–Kier alpha value is -1.59. The van der Waals surface area contributed by atoms with Crippen molar-refractivity contribution in [1.82, 2.24) is 10.2 Å². The lowest BCUT2D eigenvalue weighted by Crippen LogP contribution is -2.53. The van der Waals surface area contributed by atoms with Gasteiger partial charge in [-0.15, -0.1) is 0 Å². The first-order chi connectivity index (χ1) is 11.3. The molecule has 4 atom stereocenters. The van der Waals surface area contributed by atoms with Crippen molar-refractivity contribution in [3.8, 4) is 0 Å². The summed E-state index contributed by atoms with van der Waals surface area (Å²) in [7, 11) is 0. The molecule has 4 rings (SSSR count). The maximum atomic E-state index is 12.5. The van der Waals surface area contributed by atoms with Crippen molar-refractivity contribution in [3.63, 3.8) is 0 Å². The van der Waals surface area contributed by atoms with Gasteiger partial charge in [-0.2, -0.15) is 0 Å². The highest BCUT2D eigenvalue weighted by molar-refractivity contribution is 5.74. The number of nitrogens with one attached hydrogen (secondary N) is 1. The van der Waals surface area contributed by atoms with Gasteiger partial charge in [-0.05, 0) is 24.8 Å². The molecule has 2 bridgehead atoms. The molecule has 1 aromatic rings. The minimum absolute atomic E-state index is 0.0347. The highest BCUT2D eigenvalue weighted by Crippen LogP contribution is 2.34. The summed E-state index contributed by atoms with van der Waals surface area (Å²) in [4.78, 5) is 14.4. The number of morpholine rings is 1. The van der Waals surface area contributed by atoms with E-state index >= 15 is 0 Å². The van der Waals surface area contributed by atoms with Crippen molar-refractivity contribution in [2.24, 2.45) is 0 Å². The molecule has 3 saturated heterocycles. The second-order valence-electron chi connectivity index (χ2n) is 6.79. The van der Waals surface area contributed by atoms with Gasteiger partial charge < -0.3 is 19.7 Å². The van der Waals surface area contributed by atoms with Gasteiger partial charge in [0.15, 0.2) is 0 Å². The van der Waals surface area contributed by atoms with Crippen LogP contribution in [0.4, 0.5) is 4.79 Å². The topological polar surface area (TPSA) is 50.8 Å². The van der Waals surface area contributed by atoms with Crippen LogP contribution in [0.2, 0.25) is 0 Å². The fourth-order valence-electron chi connectivity index (χ4n) is 3.94. The zero-order valence-electron chi connectivity index (χ0n) is 13.3. The molecule has 124 valence electrons. The van der Waals surface area contributed by atoms with E-state index in [1.54, 1.807) is 0 Å². The molecule has 1 N–H and O–H groups in total. The maximum absolute atomic E-state index is 12.5. The molecule has 0 spiro atoms. The lowest BCUT2D eigenvalue weighted by atomic mass is 9.96. The number of amides is 2. The maximum Gasteiger partial charge on any atom is 0.317 e. The van der Waals surface area contributed by atoms with E-state index in [9.17, 15) is 4.79 Å². The lowest BCUT2D eigenvalue weighted by Gasteiger charge is -2.34. The van der Waals surface area contributed by atoms with Crippen LogP contribution in [0.1, 0.15) is 24.8 Å². The summed E-state index contributed by atoms with van der Waals surface area (Å²) in [6, 6.07) is 10.5. The van der Waals surface area contributed by atoms with E-state index in [1.807, 2.05) is 23.1 Å². The molecule has 0 aliphatic carbocycles. The minimum Gasteiger partial charge on any atom is -0.374 e. The molecular weight excluding hydrogens is 292 g/mol. The first kappa shape index (κ1) is 15.0. The SMILES string of the molecule is O=C(NC1CC2CCC1O2)N1CCOC(Cc2ccccc2)C1. The van der Waals surface area contributed by atoms with E-state index in [1.165, 1.54) is 5.56 Å². The third kappa shape index (κ3) is 3.35. The number of urea groups is 1. The summed E-state index contributed by atoms with van der Waals surface area (Å²) in [5.41, 5.74) is 1.25. The molecule has 3 fully saturated rings. The summed E-state index contributed by atoms with van der Waals surface area (Å²) >= 11 is 0. The van der Waals surface area contributed by atoms with Gasteiger partial charge in [0.1, 0.15) is 0 Å².